The van der Waals surface area contributed by atoms with Crippen LogP contribution in [-0.4, -0.2) is 38.6 Å². The lowest BCUT2D eigenvalue weighted by atomic mass is 10.0. The highest BCUT2D eigenvalue weighted by Gasteiger charge is 2.11. The average molecular weight is 383 g/mol. The molecule has 0 spiro atoms. The topological polar surface area (TPSA) is 79.5 Å². The molecule has 1 unspecified atom stereocenters. The van der Waals surface area contributed by atoms with Crippen LogP contribution in [-0.2, 0) is 9.53 Å². The smallest absolute Gasteiger partial charge is 0.251 e. The number of carbonyl (C=O) groups excluding carboxylic acids is 2. The maximum atomic E-state index is 12.3. The Balaban J connectivity index is 1.85. The third-order valence-electron chi connectivity index (χ3n) is 4.34. The molecule has 2 aromatic carbocycles. The van der Waals surface area contributed by atoms with E-state index in [9.17, 15) is 9.59 Å². The van der Waals surface area contributed by atoms with E-state index in [1.807, 2.05) is 30.3 Å². The Labute approximate surface area is 166 Å². The highest BCUT2D eigenvalue weighted by molar-refractivity contribution is 5.97. The molecule has 2 amide bonds. The SMILES string of the molecule is CCC(NCC(=O)Nc1cccc(C(=O)NCCCOC)c1)c1ccccc1. The van der Waals surface area contributed by atoms with Crippen LogP contribution in [0, 0.1) is 0 Å². The first-order valence-corrected chi connectivity index (χ1v) is 9.59. The normalized spacial score (nSPS) is 11.6. The Kier molecular flexibility index (Phi) is 9.18. The van der Waals surface area contributed by atoms with E-state index >= 15 is 0 Å². The van der Waals surface area contributed by atoms with Crippen molar-refractivity contribution in [3.05, 3.63) is 65.7 Å². The van der Waals surface area contributed by atoms with E-state index in [4.69, 9.17) is 4.74 Å². The van der Waals surface area contributed by atoms with Crippen molar-refractivity contribution in [1.29, 1.82) is 0 Å². The van der Waals surface area contributed by atoms with Gasteiger partial charge in [0.05, 0.1) is 6.54 Å². The minimum atomic E-state index is -0.166. The molecule has 0 aliphatic carbocycles. The van der Waals surface area contributed by atoms with Crippen LogP contribution in [0.25, 0.3) is 0 Å². The maximum Gasteiger partial charge on any atom is 0.251 e. The first-order valence-electron chi connectivity index (χ1n) is 9.59. The molecule has 0 heterocycles. The standard InChI is InChI=1S/C22H29N3O3/c1-3-20(17-9-5-4-6-10-17)24-16-21(26)25-19-12-7-11-18(15-19)22(27)23-13-8-14-28-2/h4-7,9-12,15,20,24H,3,8,13-14,16H2,1-2H3,(H,23,27)(H,25,26). The Morgan fingerprint density at radius 2 is 1.86 bits per heavy atom. The van der Waals surface area contributed by atoms with Crippen LogP contribution < -0.4 is 16.0 Å². The summed E-state index contributed by atoms with van der Waals surface area (Å²) in [5.41, 5.74) is 2.27. The molecule has 3 N–H and O–H groups in total. The van der Waals surface area contributed by atoms with Gasteiger partial charge in [-0.1, -0.05) is 43.3 Å². The highest BCUT2D eigenvalue weighted by Crippen LogP contribution is 2.16. The zero-order valence-electron chi connectivity index (χ0n) is 16.5. The Hall–Kier alpha value is -2.70. The van der Waals surface area contributed by atoms with Gasteiger partial charge in [-0.3, -0.25) is 9.59 Å². The van der Waals surface area contributed by atoms with Gasteiger partial charge in [0.25, 0.3) is 5.91 Å². The minimum Gasteiger partial charge on any atom is -0.385 e. The van der Waals surface area contributed by atoms with Gasteiger partial charge in [0, 0.05) is 37.6 Å². The lowest BCUT2D eigenvalue weighted by molar-refractivity contribution is -0.115. The number of benzene rings is 2. The molecule has 6 heteroatoms. The minimum absolute atomic E-state index is 0.121. The highest BCUT2D eigenvalue weighted by atomic mass is 16.5. The van der Waals surface area contributed by atoms with Gasteiger partial charge >= 0.3 is 0 Å². The Morgan fingerprint density at radius 3 is 2.57 bits per heavy atom. The summed E-state index contributed by atoms with van der Waals surface area (Å²) in [6.45, 7) is 3.42. The second kappa shape index (κ2) is 11.9. The number of carbonyl (C=O) groups is 2. The van der Waals surface area contributed by atoms with E-state index in [0.717, 1.165) is 18.4 Å². The van der Waals surface area contributed by atoms with Crippen LogP contribution in [0.1, 0.15) is 41.7 Å². The first kappa shape index (κ1) is 21.6. The van der Waals surface area contributed by atoms with E-state index in [-0.39, 0.29) is 24.4 Å². The van der Waals surface area contributed by atoms with Crippen molar-refractivity contribution >= 4 is 17.5 Å². The van der Waals surface area contributed by atoms with E-state index in [2.05, 4.69) is 22.9 Å². The predicted molar refractivity (Wildman–Crippen MR) is 111 cm³/mol. The average Bonchev–Trinajstić information content (AvgIpc) is 2.72. The fourth-order valence-electron chi connectivity index (χ4n) is 2.86. The van der Waals surface area contributed by atoms with Crippen LogP contribution >= 0.6 is 0 Å². The van der Waals surface area contributed by atoms with Crippen LogP contribution in [0.15, 0.2) is 54.6 Å². The third kappa shape index (κ3) is 7.13. The van der Waals surface area contributed by atoms with Gasteiger partial charge in [-0.2, -0.15) is 0 Å². The van der Waals surface area contributed by atoms with Gasteiger partial charge in [0.15, 0.2) is 0 Å². The molecule has 0 fully saturated rings. The number of ether oxygens (including phenoxy) is 1. The number of methoxy groups -OCH3 is 1. The lowest BCUT2D eigenvalue weighted by Crippen LogP contribution is -2.31. The van der Waals surface area contributed by atoms with Crippen molar-refractivity contribution < 1.29 is 14.3 Å². The first-order chi connectivity index (χ1) is 13.6. The van der Waals surface area contributed by atoms with Gasteiger partial charge in [0.2, 0.25) is 5.91 Å². The third-order valence-corrected chi connectivity index (χ3v) is 4.34. The molecule has 6 nitrogen and oxygen atoms in total. The van der Waals surface area contributed by atoms with E-state index in [0.29, 0.717) is 24.4 Å². The van der Waals surface area contributed by atoms with Gasteiger partial charge in [-0.15, -0.1) is 0 Å². The Bertz CT molecular complexity index is 750. The van der Waals surface area contributed by atoms with Crippen molar-refractivity contribution in [2.45, 2.75) is 25.8 Å². The number of rotatable bonds is 11. The van der Waals surface area contributed by atoms with Crippen molar-refractivity contribution in [1.82, 2.24) is 10.6 Å². The molecule has 0 aliphatic heterocycles. The summed E-state index contributed by atoms with van der Waals surface area (Å²) in [6.07, 6.45) is 1.64. The number of hydrogen-bond acceptors (Lipinski definition) is 4. The second-order valence-electron chi connectivity index (χ2n) is 6.48. The molecule has 150 valence electrons. The van der Waals surface area contributed by atoms with Gasteiger partial charge < -0.3 is 20.7 Å². The largest absolute Gasteiger partial charge is 0.385 e. The second-order valence-corrected chi connectivity index (χ2v) is 6.48. The maximum absolute atomic E-state index is 12.3. The molecule has 0 aliphatic rings. The van der Waals surface area contributed by atoms with Crippen LogP contribution in [0.2, 0.25) is 0 Å². The van der Waals surface area contributed by atoms with Crippen molar-refractivity contribution in [3.8, 4) is 0 Å². The zero-order valence-corrected chi connectivity index (χ0v) is 16.5. The molecule has 0 aromatic heterocycles. The zero-order chi connectivity index (χ0) is 20.2. The molecule has 0 bridgehead atoms. The predicted octanol–water partition coefficient (Wildman–Crippen LogP) is 3.13. The number of hydrogen-bond donors (Lipinski definition) is 3. The van der Waals surface area contributed by atoms with E-state index in [1.54, 1.807) is 31.4 Å². The van der Waals surface area contributed by atoms with Crippen molar-refractivity contribution in [3.63, 3.8) is 0 Å². The molecule has 2 rings (SSSR count). The molecule has 0 saturated carbocycles. The molecular formula is C22H29N3O3. The summed E-state index contributed by atoms with van der Waals surface area (Å²) >= 11 is 0. The van der Waals surface area contributed by atoms with Gasteiger partial charge in [-0.05, 0) is 36.6 Å². The monoisotopic (exact) mass is 383 g/mol. The molecule has 1 atom stereocenters. The number of anilines is 1. The molecule has 0 radical (unpaired) electrons. The van der Waals surface area contributed by atoms with Gasteiger partial charge in [-0.25, -0.2) is 0 Å². The summed E-state index contributed by atoms with van der Waals surface area (Å²) in [6, 6.07) is 17.1. The molecular weight excluding hydrogens is 354 g/mol. The summed E-state index contributed by atoms with van der Waals surface area (Å²) in [7, 11) is 1.63. The number of nitrogens with one attached hydrogen (secondary N) is 3. The quantitative estimate of drug-likeness (QED) is 0.521. The molecule has 28 heavy (non-hydrogen) atoms. The van der Waals surface area contributed by atoms with Crippen molar-refractivity contribution in [2.24, 2.45) is 0 Å². The summed E-state index contributed by atoms with van der Waals surface area (Å²) in [4.78, 5) is 24.5. The summed E-state index contributed by atoms with van der Waals surface area (Å²) in [5, 5.41) is 8.96. The Morgan fingerprint density at radius 1 is 1.07 bits per heavy atom. The molecule has 0 saturated heterocycles. The fraction of sp³-hybridized carbons (Fsp3) is 0.364. The summed E-state index contributed by atoms with van der Waals surface area (Å²) < 4.78 is 4.96. The fourth-order valence-corrected chi connectivity index (χ4v) is 2.86. The van der Waals surface area contributed by atoms with Crippen molar-refractivity contribution in [2.75, 3.05) is 32.1 Å². The molecule has 2 aromatic rings. The summed E-state index contributed by atoms with van der Waals surface area (Å²) in [5.74, 6) is -0.313. The van der Waals surface area contributed by atoms with Crippen LogP contribution in [0.5, 0.6) is 0 Å². The van der Waals surface area contributed by atoms with Gasteiger partial charge in [0.1, 0.15) is 0 Å². The van der Waals surface area contributed by atoms with Crippen LogP contribution in [0.3, 0.4) is 0 Å². The van der Waals surface area contributed by atoms with Crippen LogP contribution in [0.4, 0.5) is 5.69 Å². The van der Waals surface area contributed by atoms with E-state index in [1.165, 1.54) is 0 Å². The van der Waals surface area contributed by atoms with E-state index < -0.39 is 0 Å². The number of amides is 2. The lowest BCUT2D eigenvalue weighted by Gasteiger charge is -2.17.